The lowest BCUT2D eigenvalue weighted by Crippen LogP contribution is -2.30. The monoisotopic (exact) mass is 308 g/mol. The Morgan fingerprint density at radius 2 is 1.61 bits per heavy atom. The van der Waals surface area contributed by atoms with Gasteiger partial charge in [0.2, 0.25) is 0 Å². The number of imide groups is 1. The number of carbonyl (C=O) groups excluding carboxylic acids is 2. The third-order valence-electron chi connectivity index (χ3n) is 6.04. The minimum atomic E-state index is -0.211. The second-order valence-corrected chi connectivity index (χ2v) is 7.05. The topological polar surface area (TPSA) is 70.0 Å². The summed E-state index contributed by atoms with van der Waals surface area (Å²) in [6, 6.07) is 6.47. The van der Waals surface area contributed by atoms with Crippen LogP contribution in [0.4, 0.5) is 0 Å². The van der Waals surface area contributed by atoms with Crippen LogP contribution in [0.25, 0.3) is 0 Å². The number of phenols is 1. The summed E-state index contributed by atoms with van der Waals surface area (Å²) in [4.78, 5) is 25.4. The van der Waals surface area contributed by atoms with Gasteiger partial charge in [0.15, 0.2) is 0 Å². The Hall–Kier alpha value is -2.43. The third kappa shape index (κ3) is 1.54. The number of hydrogen-bond donors (Lipinski definition) is 1. The van der Waals surface area contributed by atoms with E-state index < -0.39 is 0 Å². The molecule has 116 valence electrons. The van der Waals surface area contributed by atoms with E-state index in [9.17, 15) is 14.7 Å². The van der Waals surface area contributed by atoms with Crippen LogP contribution in [0.5, 0.6) is 5.75 Å². The molecule has 4 atom stereocenters. The van der Waals surface area contributed by atoms with Gasteiger partial charge in [0.1, 0.15) is 5.75 Å². The average molecular weight is 308 g/mol. The number of hydrazone groups is 1. The van der Waals surface area contributed by atoms with E-state index in [-0.39, 0.29) is 46.7 Å². The lowest BCUT2D eigenvalue weighted by Gasteiger charge is -2.18. The Morgan fingerprint density at radius 1 is 1.04 bits per heavy atom. The Balaban J connectivity index is 1.43. The quantitative estimate of drug-likeness (QED) is 0.515. The Labute approximate surface area is 133 Å². The van der Waals surface area contributed by atoms with Gasteiger partial charge in [0.25, 0.3) is 11.8 Å². The molecule has 0 unspecified atom stereocenters. The molecule has 2 amide bonds. The maximum Gasteiger partial charge on any atom is 0.254 e. The summed E-state index contributed by atoms with van der Waals surface area (Å²) in [5.41, 5.74) is 0.952. The molecule has 23 heavy (non-hydrogen) atoms. The van der Waals surface area contributed by atoms with E-state index in [1.165, 1.54) is 6.21 Å². The fourth-order valence-corrected chi connectivity index (χ4v) is 4.86. The Morgan fingerprint density at radius 3 is 2.13 bits per heavy atom. The van der Waals surface area contributed by atoms with E-state index in [0.29, 0.717) is 0 Å². The number of hydrogen-bond acceptors (Lipinski definition) is 4. The Bertz CT molecular complexity index is 742. The predicted molar refractivity (Wildman–Crippen MR) is 82.3 cm³/mol. The van der Waals surface area contributed by atoms with Gasteiger partial charge in [0.05, 0.1) is 18.1 Å². The van der Waals surface area contributed by atoms with Crippen molar-refractivity contribution in [2.45, 2.75) is 12.8 Å². The molecule has 3 fully saturated rings. The number of benzene rings is 1. The molecule has 1 aromatic rings. The second kappa shape index (κ2) is 4.10. The first-order valence-corrected chi connectivity index (χ1v) is 8.01. The van der Waals surface area contributed by atoms with Gasteiger partial charge in [-0.3, -0.25) is 9.59 Å². The number of fused-ring (bicyclic) bond motifs is 3. The summed E-state index contributed by atoms with van der Waals surface area (Å²) in [5, 5.41) is 14.5. The molecular weight excluding hydrogens is 292 g/mol. The molecule has 5 rings (SSSR count). The molecule has 1 saturated heterocycles. The second-order valence-electron chi connectivity index (χ2n) is 7.05. The van der Waals surface area contributed by atoms with Crippen molar-refractivity contribution in [3.05, 3.63) is 42.0 Å². The van der Waals surface area contributed by atoms with Crippen molar-refractivity contribution in [3.63, 3.8) is 0 Å². The summed E-state index contributed by atoms with van der Waals surface area (Å²) < 4.78 is 0. The van der Waals surface area contributed by atoms with E-state index in [4.69, 9.17) is 0 Å². The largest absolute Gasteiger partial charge is 0.508 e. The molecular formula is C18H16N2O3. The normalized spacial score (nSPS) is 35.7. The number of nitrogens with zero attached hydrogens (tertiary/aromatic N) is 2. The first-order valence-electron chi connectivity index (χ1n) is 8.01. The summed E-state index contributed by atoms with van der Waals surface area (Å²) in [5.74, 6) is -0.113. The highest BCUT2D eigenvalue weighted by Gasteiger charge is 2.73. The van der Waals surface area contributed by atoms with Gasteiger partial charge in [-0.15, -0.1) is 0 Å². The molecule has 1 aliphatic heterocycles. The molecule has 1 aromatic carbocycles. The van der Waals surface area contributed by atoms with Gasteiger partial charge >= 0.3 is 0 Å². The molecule has 5 nitrogen and oxygen atoms in total. The zero-order valence-electron chi connectivity index (χ0n) is 12.4. The van der Waals surface area contributed by atoms with Gasteiger partial charge < -0.3 is 5.11 Å². The summed E-state index contributed by atoms with van der Waals surface area (Å²) in [6.07, 6.45) is 8.08. The fourth-order valence-electron chi connectivity index (χ4n) is 4.86. The highest BCUT2D eigenvalue weighted by Crippen LogP contribution is 2.73. The van der Waals surface area contributed by atoms with Crippen molar-refractivity contribution in [1.29, 1.82) is 0 Å². The van der Waals surface area contributed by atoms with Crippen LogP contribution in [0.15, 0.2) is 41.5 Å². The van der Waals surface area contributed by atoms with Crippen molar-refractivity contribution in [2.75, 3.05) is 0 Å². The molecule has 1 spiro atoms. The van der Waals surface area contributed by atoms with Gasteiger partial charge in [-0.1, -0.05) is 12.2 Å². The zero-order chi connectivity index (χ0) is 15.8. The number of aromatic hydroxyl groups is 1. The molecule has 0 radical (unpaired) electrons. The van der Waals surface area contributed by atoms with Gasteiger partial charge in [-0.05, 0) is 59.9 Å². The molecule has 1 heterocycles. The van der Waals surface area contributed by atoms with Crippen molar-refractivity contribution in [2.24, 2.45) is 34.2 Å². The van der Waals surface area contributed by atoms with E-state index in [1.807, 2.05) is 0 Å². The minimum Gasteiger partial charge on any atom is -0.508 e. The van der Waals surface area contributed by atoms with Crippen LogP contribution in [0.1, 0.15) is 18.4 Å². The Kier molecular flexibility index (Phi) is 2.33. The molecule has 0 aromatic heterocycles. The SMILES string of the molecule is O=C1[C@H]2[C@H](C(=O)N1/N=C\c1ccc(O)cc1)[C@H]1C=C[C@H]2C12CC2. The van der Waals surface area contributed by atoms with Crippen LogP contribution in [-0.2, 0) is 9.59 Å². The predicted octanol–water partition coefficient (Wildman–Crippen LogP) is 1.92. The van der Waals surface area contributed by atoms with Gasteiger partial charge in [-0.2, -0.15) is 10.1 Å². The highest BCUT2D eigenvalue weighted by molar-refractivity contribution is 6.07. The smallest absolute Gasteiger partial charge is 0.254 e. The summed E-state index contributed by atoms with van der Waals surface area (Å²) in [6.45, 7) is 0. The number of rotatable bonds is 2. The standard InChI is InChI=1S/C18H16N2O3/c21-11-3-1-10(2-4-11)9-19-20-16(22)14-12-5-6-13(15(14)17(20)23)18(12)7-8-18/h1-6,9,12-15,21H,7-8H2/b19-9-/t12-,13-,14-,15-/m1/s1. The van der Waals surface area contributed by atoms with E-state index in [0.717, 1.165) is 23.4 Å². The molecule has 4 aliphatic rings. The molecule has 3 aliphatic carbocycles. The molecule has 2 saturated carbocycles. The maximum absolute atomic E-state index is 12.7. The molecule has 5 heteroatoms. The number of phenolic OH excluding ortho intramolecular Hbond substituents is 1. The van der Waals surface area contributed by atoms with Crippen LogP contribution in [-0.4, -0.2) is 28.1 Å². The van der Waals surface area contributed by atoms with Crippen LogP contribution in [0.3, 0.4) is 0 Å². The number of amides is 2. The fraction of sp³-hybridized carbons (Fsp3) is 0.389. The van der Waals surface area contributed by atoms with E-state index in [2.05, 4.69) is 17.3 Å². The van der Waals surface area contributed by atoms with E-state index in [1.54, 1.807) is 24.3 Å². The van der Waals surface area contributed by atoms with Crippen molar-refractivity contribution in [3.8, 4) is 5.75 Å². The van der Waals surface area contributed by atoms with Gasteiger partial charge in [0, 0.05) is 0 Å². The summed E-state index contributed by atoms with van der Waals surface area (Å²) >= 11 is 0. The molecule has 2 bridgehead atoms. The van der Waals surface area contributed by atoms with Crippen LogP contribution >= 0.6 is 0 Å². The molecule has 1 N–H and O–H groups in total. The van der Waals surface area contributed by atoms with Crippen molar-refractivity contribution >= 4 is 18.0 Å². The highest BCUT2D eigenvalue weighted by atomic mass is 16.3. The van der Waals surface area contributed by atoms with Crippen molar-refractivity contribution < 1.29 is 14.7 Å². The first-order chi connectivity index (χ1) is 11.1. The third-order valence-corrected chi connectivity index (χ3v) is 6.04. The lowest BCUT2D eigenvalue weighted by atomic mass is 9.85. The van der Waals surface area contributed by atoms with Crippen molar-refractivity contribution in [1.82, 2.24) is 5.01 Å². The number of carbonyl (C=O) groups is 2. The van der Waals surface area contributed by atoms with Crippen LogP contribution < -0.4 is 0 Å². The zero-order valence-corrected chi connectivity index (χ0v) is 12.4. The average Bonchev–Trinajstić information content (AvgIpc) is 3.15. The van der Waals surface area contributed by atoms with E-state index >= 15 is 0 Å². The minimum absolute atomic E-state index is 0.154. The van der Waals surface area contributed by atoms with Crippen LogP contribution in [0.2, 0.25) is 0 Å². The van der Waals surface area contributed by atoms with Gasteiger partial charge in [-0.25, -0.2) is 0 Å². The van der Waals surface area contributed by atoms with Crippen LogP contribution in [0, 0.1) is 29.1 Å². The first kappa shape index (κ1) is 13.0. The lowest BCUT2D eigenvalue weighted by molar-refractivity contribution is -0.141. The maximum atomic E-state index is 12.7. The number of allylic oxidation sites excluding steroid dienone is 2. The summed E-state index contributed by atoms with van der Waals surface area (Å²) in [7, 11) is 0.